The number of esters is 2. The van der Waals surface area contributed by atoms with E-state index < -0.39 is 0 Å². The van der Waals surface area contributed by atoms with Crippen LogP contribution < -0.4 is 9.47 Å². The minimum Gasteiger partial charge on any atom is -0.488 e. The summed E-state index contributed by atoms with van der Waals surface area (Å²) in [6.45, 7) is 4.70. The monoisotopic (exact) mass is 610 g/mol. The maximum Gasteiger partial charge on any atom is 0.338 e. The van der Waals surface area contributed by atoms with Gasteiger partial charge in [0.25, 0.3) is 0 Å². The van der Waals surface area contributed by atoms with Gasteiger partial charge in [-0.3, -0.25) is 0 Å². The summed E-state index contributed by atoms with van der Waals surface area (Å²) in [6, 6.07) is 39.1. The topological polar surface area (TPSA) is 71.1 Å². The lowest BCUT2D eigenvalue weighted by atomic mass is 9.92. The van der Waals surface area contributed by atoms with Gasteiger partial charge in [0.2, 0.25) is 0 Å². The van der Waals surface area contributed by atoms with Gasteiger partial charge in [0.05, 0.1) is 24.3 Å². The third-order valence-corrected chi connectivity index (χ3v) is 7.70. The molecule has 0 heterocycles. The molecule has 6 nitrogen and oxygen atoms in total. The van der Waals surface area contributed by atoms with Crippen molar-refractivity contribution < 1.29 is 28.5 Å². The first-order valence-electron chi connectivity index (χ1n) is 15.4. The Balaban J connectivity index is 1.42. The van der Waals surface area contributed by atoms with Crippen LogP contribution in [0, 0.1) is 0 Å². The van der Waals surface area contributed by atoms with Crippen LogP contribution in [0.15, 0.2) is 121 Å². The zero-order valence-electron chi connectivity index (χ0n) is 25.8. The number of hydrogen-bond acceptors (Lipinski definition) is 6. The Morgan fingerprint density at radius 3 is 1.37 bits per heavy atom. The Labute approximate surface area is 268 Å². The number of hydrogen-bond donors (Lipinski definition) is 0. The number of benzene rings is 6. The minimum absolute atomic E-state index is 0.250. The second-order valence-electron chi connectivity index (χ2n) is 10.7. The number of rotatable bonds is 11. The molecular weight excluding hydrogens is 576 g/mol. The van der Waals surface area contributed by atoms with Gasteiger partial charge in [0.15, 0.2) is 0 Å². The molecule has 0 saturated carbocycles. The van der Waals surface area contributed by atoms with Crippen LogP contribution in [0.2, 0.25) is 0 Å². The average molecular weight is 611 g/mol. The summed E-state index contributed by atoms with van der Waals surface area (Å²) in [5.41, 5.74) is 4.48. The molecule has 6 aromatic carbocycles. The Morgan fingerprint density at radius 1 is 0.500 bits per heavy atom. The molecule has 0 N–H and O–H groups in total. The summed E-state index contributed by atoms with van der Waals surface area (Å²) < 4.78 is 23.5. The third kappa shape index (κ3) is 6.57. The molecule has 6 heteroatoms. The van der Waals surface area contributed by atoms with Crippen molar-refractivity contribution in [2.45, 2.75) is 27.1 Å². The highest BCUT2D eigenvalue weighted by molar-refractivity contribution is 6.09. The molecular formula is C40H34O6. The van der Waals surface area contributed by atoms with Crippen LogP contribution in [0.4, 0.5) is 0 Å². The van der Waals surface area contributed by atoms with E-state index in [9.17, 15) is 9.59 Å². The van der Waals surface area contributed by atoms with E-state index in [1.807, 2.05) is 60.7 Å². The van der Waals surface area contributed by atoms with Crippen molar-refractivity contribution in [2.75, 3.05) is 13.2 Å². The van der Waals surface area contributed by atoms with Crippen molar-refractivity contribution in [3.8, 4) is 22.6 Å². The fourth-order valence-corrected chi connectivity index (χ4v) is 5.59. The summed E-state index contributed by atoms with van der Waals surface area (Å²) in [7, 11) is 0. The van der Waals surface area contributed by atoms with Gasteiger partial charge in [0.1, 0.15) is 24.7 Å². The molecule has 0 fully saturated rings. The molecule has 0 saturated heterocycles. The highest BCUT2D eigenvalue weighted by Gasteiger charge is 2.20. The van der Waals surface area contributed by atoms with Gasteiger partial charge in [-0.15, -0.1) is 0 Å². The fourth-order valence-electron chi connectivity index (χ4n) is 5.59. The lowest BCUT2D eigenvalue weighted by molar-refractivity contribution is 0.0516. The summed E-state index contributed by atoms with van der Waals surface area (Å²) in [6.07, 6.45) is 0. The van der Waals surface area contributed by atoms with Crippen molar-refractivity contribution in [1.29, 1.82) is 0 Å². The molecule has 0 spiro atoms. The van der Waals surface area contributed by atoms with Gasteiger partial charge in [0, 0.05) is 11.1 Å². The highest BCUT2D eigenvalue weighted by Crippen LogP contribution is 2.46. The van der Waals surface area contributed by atoms with E-state index in [-0.39, 0.29) is 25.2 Å². The van der Waals surface area contributed by atoms with E-state index >= 15 is 0 Å². The van der Waals surface area contributed by atoms with Crippen molar-refractivity contribution in [3.63, 3.8) is 0 Å². The first-order valence-corrected chi connectivity index (χ1v) is 15.4. The van der Waals surface area contributed by atoms with E-state index in [4.69, 9.17) is 18.9 Å². The molecule has 230 valence electrons. The molecule has 0 amide bonds. The second-order valence-corrected chi connectivity index (χ2v) is 10.7. The average Bonchev–Trinajstić information content (AvgIpc) is 3.10. The quantitative estimate of drug-likeness (QED) is 0.136. The Kier molecular flexibility index (Phi) is 9.25. The van der Waals surface area contributed by atoms with Gasteiger partial charge in [-0.1, -0.05) is 84.9 Å². The molecule has 0 bridgehead atoms. The van der Waals surface area contributed by atoms with Gasteiger partial charge in [-0.2, -0.15) is 0 Å². The lowest BCUT2D eigenvalue weighted by Gasteiger charge is -2.20. The third-order valence-electron chi connectivity index (χ3n) is 7.70. The normalized spacial score (nSPS) is 10.9. The van der Waals surface area contributed by atoms with Gasteiger partial charge in [-0.25, -0.2) is 9.59 Å². The zero-order chi connectivity index (χ0) is 31.9. The predicted molar refractivity (Wildman–Crippen MR) is 180 cm³/mol. The number of fused-ring (bicyclic) bond motifs is 2. The standard InChI is InChI=1S/C40H34O6/c1-3-43-39(41)31-15-9-11-27(23-31)25-45-35-21-19-29-13-5-7-17-33(29)37(35)38-34-18-8-6-14-30(34)20-22-36(38)46-26-28-12-10-16-32(24-28)40(42)44-4-2/h5-24H,3-4,25-26H2,1-2H3. The summed E-state index contributed by atoms with van der Waals surface area (Å²) in [5, 5.41) is 4.17. The molecule has 6 aromatic rings. The zero-order valence-corrected chi connectivity index (χ0v) is 25.8. The van der Waals surface area contributed by atoms with Crippen molar-refractivity contribution in [1.82, 2.24) is 0 Å². The van der Waals surface area contributed by atoms with Crippen LogP contribution in [0.25, 0.3) is 32.7 Å². The molecule has 0 radical (unpaired) electrons. The molecule has 0 aliphatic carbocycles. The Hall–Kier alpha value is -5.62. The largest absolute Gasteiger partial charge is 0.488 e. The fraction of sp³-hybridized carbons (Fsp3) is 0.150. The summed E-state index contributed by atoms with van der Waals surface area (Å²) in [4.78, 5) is 24.7. The lowest BCUT2D eigenvalue weighted by Crippen LogP contribution is -2.06. The Bertz CT molecular complexity index is 1880. The van der Waals surface area contributed by atoms with E-state index in [0.717, 1.165) is 43.8 Å². The van der Waals surface area contributed by atoms with Gasteiger partial charge in [-0.05, 0) is 82.9 Å². The van der Waals surface area contributed by atoms with Crippen LogP contribution >= 0.6 is 0 Å². The highest BCUT2D eigenvalue weighted by atomic mass is 16.5. The molecule has 0 aromatic heterocycles. The smallest absolute Gasteiger partial charge is 0.338 e. The van der Waals surface area contributed by atoms with E-state index in [1.165, 1.54) is 0 Å². The number of carbonyl (C=O) groups is 2. The maximum absolute atomic E-state index is 12.4. The van der Waals surface area contributed by atoms with Crippen LogP contribution in [-0.2, 0) is 22.7 Å². The molecule has 0 aliphatic heterocycles. The number of carbonyl (C=O) groups excluding carboxylic acids is 2. The van der Waals surface area contributed by atoms with Gasteiger partial charge >= 0.3 is 11.9 Å². The van der Waals surface area contributed by atoms with Crippen molar-refractivity contribution in [2.24, 2.45) is 0 Å². The van der Waals surface area contributed by atoms with Crippen LogP contribution in [0.5, 0.6) is 11.5 Å². The first kappa shape index (κ1) is 30.4. The second kappa shape index (κ2) is 14.0. The predicted octanol–water partition coefficient (Wildman–Crippen LogP) is 9.17. The minimum atomic E-state index is -0.360. The first-order chi connectivity index (χ1) is 22.6. The SMILES string of the molecule is CCOC(=O)c1cccc(COc2ccc3ccccc3c2-c2c(OCc3cccc(C(=O)OCC)c3)ccc3ccccc23)c1. The van der Waals surface area contributed by atoms with E-state index in [2.05, 4.69) is 36.4 Å². The van der Waals surface area contributed by atoms with Crippen LogP contribution in [-0.4, -0.2) is 25.2 Å². The summed E-state index contributed by atoms with van der Waals surface area (Å²) in [5.74, 6) is 0.652. The molecule has 0 aliphatic rings. The molecule has 46 heavy (non-hydrogen) atoms. The van der Waals surface area contributed by atoms with Crippen molar-refractivity contribution >= 4 is 33.5 Å². The molecule has 6 rings (SSSR count). The molecule has 0 atom stereocenters. The van der Waals surface area contributed by atoms with E-state index in [1.54, 1.807) is 38.1 Å². The molecule has 0 unspecified atom stereocenters. The number of ether oxygens (including phenoxy) is 4. The summed E-state index contributed by atoms with van der Waals surface area (Å²) >= 11 is 0. The van der Waals surface area contributed by atoms with Crippen LogP contribution in [0.3, 0.4) is 0 Å². The maximum atomic E-state index is 12.4. The Morgan fingerprint density at radius 2 is 0.935 bits per heavy atom. The van der Waals surface area contributed by atoms with Crippen molar-refractivity contribution in [3.05, 3.63) is 144 Å². The van der Waals surface area contributed by atoms with Gasteiger partial charge < -0.3 is 18.9 Å². The van der Waals surface area contributed by atoms with E-state index in [0.29, 0.717) is 35.8 Å². The van der Waals surface area contributed by atoms with Crippen LogP contribution in [0.1, 0.15) is 45.7 Å².